The highest BCUT2D eigenvalue weighted by atomic mass is 19.1. The lowest BCUT2D eigenvalue weighted by Crippen LogP contribution is -2.37. The third-order valence-electron chi connectivity index (χ3n) is 5.60. The average Bonchev–Trinajstić information content (AvgIpc) is 2.71. The molecule has 0 amide bonds. The molecular weight excluding hydrogens is 369 g/mol. The summed E-state index contributed by atoms with van der Waals surface area (Å²) in [4.78, 5) is 24.0. The highest BCUT2D eigenvalue weighted by Crippen LogP contribution is 2.26. The summed E-state index contributed by atoms with van der Waals surface area (Å²) in [7, 11) is 0. The molecule has 1 aromatic carbocycles. The lowest BCUT2D eigenvalue weighted by atomic mass is 9.96. The maximum atomic E-state index is 13.5. The minimum Gasteiger partial charge on any atom is -0.355 e. The minimum atomic E-state index is -0.393. The van der Waals surface area contributed by atoms with Crippen LogP contribution in [-0.2, 0) is 6.54 Å². The van der Waals surface area contributed by atoms with Crippen LogP contribution >= 0.6 is 0 Å². The Hall–Kier alpha value is -3.27. The summed E-state index contributed by atoms with van der Waals surface area (Å²) in [6, 6.07) is 9.99. The third-order valence-corrected chi connectivity index (χ3v) is 5.60. The van der Waals surface area contributed by atoms with Gasteiger partial charge in [-0.25, -0.2) is 14.4 Å². The molecule has 0 aliphatic carbocycles. The number of nitrogens with zero attached hydrogens (tertiary/aromatic N) is 5. The number of aryl methyl sites for hydroxylation is 2. The molecular formula is C22H22FN5O. The van der Waals surface area contributed by atoms with Crippen molar-refractivity contribution in [3.05, 3.63) is 63.6 Å². The van der Waals surface area contributed by atoms with E-state index in [2.05, 4.69) is 20.9 Å². The van der Waals surface area contributed by atoms with Crippen molar-refractivity contribution in [1.29, 1.82) is 5.26 Å². The van der Waals surface area contributed by atoms with Gasteiger partial charge >= 0.3 is 0 Å². The fourth-order valence-electron chi connectivity index (χ4n) is 3.98. The van der Waals surface area contributed by atoms with Crippen LogP contribution < -0.4 is 10.5 Å². The van der Waals surface area contributed by atoms with Crippen molar-refractivity contribution < 1.29 is 4.39 Å². The Bertz CT molecular complexity index is 1170. The maximum absolute atomic E-state index is 13.5. The van der Waals surface area contributed by atoms with E-state index < -0.39 is 5.82 Å². The normalized spacial score (nSPS) is 14.9. The Kier molecular flexibility index (Phi) is 5.01. The number of nitriles is 1. The van der Waals surface area contributed by atoms with Crippen LogP contribution in [0, 0.1) is 36.9 Å². The lowest BCUT2D eigenvalue weighted by molar-refractivity contribution is 0.348. The first-order valence-electron chi connectivity index (χ1n) is 9.75. The Labute approximate surface area is 168 Å². The van der Waals surface area contributed by atoms with Crippen LogP contribution in [-0.4, -0.2) is 27.6 Å². The smallest absolute Gasteiger partial charge is 0.261 e. The van der Waals surface area contributed by atoms with Gasteiger partial charge < -0.3 is 4.90 Å². The van der Waals surface area contributed by atoms with Gasteiger partial charge in [0.05, 0.1) is 16.5 Å². The predicted octanol–water partition coefficient (Wildman–Crippen LogP) is 3.34. The molecule has 2 aromatic heterocycles. The summed E-state index contributed by atoms with van der Waals surface area (Å²) in [5, 5.41) is 9.81. The van der Waals surface area contributed by atoms with Gasteiger partial charge in [-0.15, -0.1) is 0 Å². The Morgan fingerprint density at radius 1 is 1.17 bits per heavy atom. The summed E-state index contributed by atoms with van der Waals surface area (Å²) in [5.74, 6) is 1.28. The molecule has 0 saturated carbocycles. The first-order chi connectivity index (χ1) is 14.0. The number of halogens is 1. The van der Waals surface area contributed by atoms with Gasteiger partial charge in [-0.05, 0) is 56.9 Å². The quantitative estimate of drug-likeness (QED) is 0.685. The lowest BCUT2D eigenvalue weighted by Gasteiger charge is -2.33. The second kappa shape index (κ2) is 7.63. The summed E-state index contributed by atoms with van der Waals surface area (Å²) < 4.78 is 15.2. The standard InChI is InChI=1S/C22H22FN5O/c1-14-3-4-17(12-24)21(25-14)27-9-7-16(8-10-27)13-28-15(2)26-20-11-18(23)5-6-19(20)22(28)29/h3-6,11,16H,7-10,13H2,1-2H3. The van der Waals surface area contributed by atoms with E-state index in [1.165, 1.54) is 18.2 Å². The van der Waals surface area contributed by atoms with E-state index in [4.69, 9.17) is 0 Å². The minimum absolute atomic E-state index is 0.123. The van der Waals surface area contributed by atoms with Crippen LogP contribution in [0.1, 0.15) is 29.9 Å². The molecule has 29 heavy (non-hydrogen) atoms. The number of hydrogen-bond donors (Lipinski definition) is 0. The Balaban J connectivity index is 1.52. The molecule has 3 aromatic rings. The Morgan fingerprint density at radius 2 is 1.93 bits per heavy atom. The predicted molar refractivity (Wildman–Crippen MR) is 109 cm³/mol. The van der Waals surface area contributed by atoms with E-state index in [0.717, 1.165) is 37.4 Å². The zero-order chi connectivity index (χ0) is 20.5. The number of fused-ring (bicyclic) bond motifs is 1. The zero-order valence-electron chi connectivity index (χ0n) is 16.5. The van der Waals surface area contributed by atoms with Crippen molar-refractivity contribution in [2.45, 2.75) is 33.2 Å². The second-order valence-corrected chi connectivity index (χ2v) is 7.60. The fraction of sp³-hybridized carbons (Fsp3) is 0.364. The number of hydrogen-bond acceptors (Lipinski definition) is 5. The molecule has 1 saturated heterocycles. The van der Waals surface area contributed by atoms with Gasteiger partial charge in [0.15, 0.2) is 0 Å². The maximum Gasteiger partial charge on any atom is 0.261 e. The first-order valence-corrected chi connectivity index (χ1v) is 9.75. The van der Waals surface area contributed by atoms with Gasteiger partial charge in [0.25, 0.3) is 5.56 Å². The molecule has 7 heteroatoms. The molecule has 0 unspecified atom stereocenters. The van der Waals surface area contributed by atoms with Crippen LogP contribution in [0.4, 0.5) is 10.2 Å². The number of benzene rings is 1. The molecule has 1 aliphatic rings. The van der Waals surface area contributed by atoms with Crippen LogP contribution in [0.2, 0.25) is 0 Å². The topological polar surface area (TPSA) is 74.8 Å². The number of aromatic nitrogens is 3. The molecule has 6 nitrogen and oxygen atoms in total. The molecule has 0 atom stereocenters. The van der Waals surface area contributed by atoms with E-state index in [1.807, 2.05) is 19.1 Å². The summed E-state index contributed by atoms with van der Waals surface area (Å²) >= 11 is 0. The van der Waals surface area contributed by atoms with Gasteiger partial charge in [-0.1, -0.05) is 0 Å². The zero-order valence-corrected chi connectivity index (χ0v) is 16.5. The molecule has 0 spiro atoms. The van der Waals surface area contributed by atoms with Crippen LogP contribution in [0.3, 0.4) is 0 Å². The van der Waals surface area contributed by atoms with Gasteiger partial charge in [0.1, 0.15) is 23.5 Å². The van der Waals surface area contributed by atoms with Crippen molar-refractivity contribution in [2.24, 2.45) is 5.92 Å². The fourth-order valence-corrected chi connectivity index (χ4v) is 3.98. The van der Waals surface area contributed by atoms with Gasteiger partial charge in [-0.2, -0.15) is 5.26 Å². The van der Waals surface area contributed by atoms with Crippen molar-refractivity contribution >= 4 is 16.7 Å². The summed E-state index contributed by atoms with van der Waals surface area (Å²) in [6.07, 6.45) is 1.79. The van der Waals surface area contributed by atoms with Crippen LogP contribution in [0.15, 0.2) is 35.1 Å². The molecule has 1 aliphatic heterocycles. The van der Waals surface area contributed by atoms with E-state index in [-0.39, 0.29) is 5.56 Å². The molecule has 4 rings (SSSR count). The number of anilines is 1. The first kappa shape index (κ1) is 19.1. The average molecular weight is 391 g/mol. The molecule has 0 radical (unpaired) electrons. The second-order valence-electron chi connectivity index (χ2n) is 7.60. The van der Waals surface area contributed by atoms with E-state index in [1.54, 1.807) is 11.5 Å². The van der Waals surface area contributed by atoms with Crippen LogP contribution in [0.5, 0.6) is 0 Å². The molecule has 3 heterocycles. The van der Waals surface area contributed by atoms with Gasteiger partial charge in [0.2, 0.25) is 0 Å². The largest absolute Gasteiger partial charge is 0.355 e. The van der Waals surface area contributed by atoms with Crippen LogP contribution in [0.25, 0.3) is 10.9 Å². The molecule has 148 valence electrons. The Morgan fingerprint density at radius 3 is 2.66 bits per heavy atom. The third kappa shape index (κ3) is 3.70. The number of piperidine rings is 1. The number of rotatable bonds is 3. The number of pyridine rings is 1. The highest BCUT2D eigenvalue weighted by Gasteiger charge is 2.23. The van der Waals surface area contributed by atoms with Crippen molar-refractivity contribution in [2.75, 3.05) is 18.0 Å². The van der Waals surface area contributed by atoms with Crippen molar-refractivity contribution in [1.82, 2.24) is 14.5 Å². The van der Waals surface area contributed by atoms with E-state index >= 15 is 0 Å². The van der Waals surface area contributed by atoms with E-state index in [0.29, 0.717) is 34.8 Å². The van der Waals surface area contributed by atoms with E-state index in [9.17, 15) is 14.4 Å². The summed E-state index contributed by atoms with van der Waals surface area (Å²) in [5.41, 5.74) is 1.75. The molecule has 0 bridgehead atoms. The monoisotopic (exact) mass is 391 g/mol. The van der Waals surface area contributed by atoms with Crippen molar-refractivity contribution in [3.63, 3.8) is 0 Å². The molecule has 0 N–H and O–H groups in total. The SMILES string of the molecule is Cc1ccc(C#N)c(N2CCC(Cn3c(C)nc4cc(F)ccc4c3=O)CC2)n1. The van der Waals surface area contributed by atoms with Crippen molar-refractivity contribution in [3.8, 4) is 6.07 Å². The highest BCUT2D eigenvalue weighted by molar-refractivity contribution is 5.77. The van der Waals surface area contributed by atoms with Gasteiger partial charge in [0, 0.05) is 31.4 Å². The molecule has 1 fully saturated rings. The van der Waals surface area contributed by atoms with Gasteiger partial charge in [-0.3, -0.25) is 9.36 Å². The summed E-state index contributed by atoms with van der Waals surface area (Å²) in [6.45, 7) is 5.87.